The number of carbonyl (C=O) groups is 5. The number of carbonyl (C=O) groups excluding carboxylic acids is 5. The fourth-order valence-electron chi connectivity index (χ4n) is 5.87. The second kappa shape index (κ2) is 12.8. The first-order valence-corrected chi connectivity index (χ1v) is 14.8. The molecule has 3 aromatic rings. The van der Waals surface area contributed by atoms with Gasteiger partial charge in [0, 0.05) is 61.5 Å². The van der Waals surface area contributed by atoms with Gasteiger partial charge in [0.05, 0.1) is 11.4 Å². The number of hydrogen-bond acceptors (Lipinski definition) is 11. The van der Waals surface area contributed by atoms with Crippen LogP contribution < -0.4 is 21.3 Å². The van der Waals surface area contributed by atoms with Crippen LogP contribution in [-0.2, 0) is 30.5 Å². The van der Waals surface area contributed by atoms with Crippen molar-refractivity contribution >= 4 is 46.7 Å². The third kappa shape index (κ3) is 6.17. The summed E-state index contributed by atoms with van der Waals surface area (Å²) >= 11 is 0. The minimum atomic E-state index is -0.766. The Morgan fingerprint density at radius 3 is 2.52 bits per heavy atom. The van der Waals surface area contributed by atoms with Crippen LogP contribution in [0.15, 0.2) is 48.5 Å². The van der Waals surface area contributed by atoms with Crippen LogP contribution in [0.5, 0.6) is 5.75 Å². The van der Waals surface area contributed by atoms with Crippen LogP contribution in [0.4, 0.5) is 17.2 Å². The number of para-hydroxylation sites is 1. The van der Waals surface area contributed by atoms with Gasteiger partial charge in [0.15, 0.2) is 5.82 Å². The zero-order valence-corrected chi connectivity index (χ0v) is 24.8. The van der Waals surface area contributed by atoms with Crippen molar-refractivity contribution in [3.05, 3.63) is 59.7 Å². The van der Waals surface area contributed by atoms with Gasteiger partial charge in [-0.2, -0.15) is 0 Å². The molecular weight excluding hydrogens is 596 g/mol. The highest BCUT2D eigenvalue weighted by atomic mass is 16.5. The fourth-order valence-corrected chi connectivity index (χ4v) is 5.87. The number of anilines is 3. The summed E-state index contributed by atoms with van der Waals surface area (Å²) in [6, 6.07) is 12.7. The van der Waals surface area contributed by atoms with E-state index in [4.69, 9.17) is 10.5 Å². The molecule has 2 fully saturated rings. The van der Waals surface area contributed by atoms with Gasteiger partial charge in [-0.25, -0.2) is 0 Å². The number of benzene rings is 2. The van der Waals surface area contributed by atoms with Crippen LogP contribution >= 0.6 is 0 Å². The van der Waals surface area contributed by atoms with E-state index in [9.17, 15) is 29.1 Å². The highest BCUT2D eigenvalue weighted by Gasteiger charge is 2.40. The largest absolute Gasteiger partial charge is 0.507 e. The Bertz CT molecular complexity index is 1720. The number of nitrogens with two attached hydrogens (primary N) is 1. The Labute approximate surface area is 263 Å². The van der Waals surface area contributed by atoms with E-state index in [-0.39, 0.29) is 61.9 Å². The lowest BCUT2D eigenvalue weighted by Crippen LogP contribution is -2.52. The number of fused-ring (bicyclic) bond motifs is 1. The number of amides is 5. The number of rotatable bonds is 8. The third-order valence-electron chi connectivity index (χ3n) is 8.27. The molecule has 3 aliphatic heterocycles. The van der Waals surface area contributed by atoms with Crippen molar-refractivity contribution in [2.75, 3.05) is 55.3 Å². The Balaban J connectivity index is 0.986. The first kappa shape index (κ1) is 30.5. The number of nitrogen functional groups attached to an aromatic ring is 1. The number of aromatic nitrogens is 2. The van der Waals surface area contributed by atoms with Gasteiger partial charge in [-0.05, 0) is 36.8 Å². The number of phenolic OH excluding ortho intramolecular Hbond substituents is 1. The van der Waals surface area contributed by atoms with Gasteiger partial charge >= 0.3 is 0 Å². The molecule has 2 saturated heterocycles. The van der Waals surface area contributed by atoms with Gasteiger partial charge in [0.25, 0.3) is 5.91 Å². The van der Waals surface area contributed by atoms with Gasteiger partial charge < -0.3 is 35.6 Å². The number of piperazine rings is 1. The topological polar surface area (TPSA) is 200 Å². The third-order valence-corrected chi connectivity index (χ3v) is 8.27. The molecule has 15 nitrogen and oxygen atoms in total. The summed E-state index contributed by atoms with van der Waals surface area (Å²) in [4.78, 5) is 67.5. The van der Waals surface area contributed by atoms with E-state index in [1.807, 2.05) is 4.90 Å². The summed E-state index contributed by atoms with van der Waals surface area (Å²) in [6.45, 7) is 1.20. The fraction of sp³-hybridized carbons (Fsp3) is 0.323. The molecule has 0 radical (unpaired) electrons. The van der Waals surface area contributed by atoms with Crippen LogP contribution in [0.3, 0.4) is 0 Å². The summed E-state index contributed by atoms with van der Waals surface area (Å²) in [5.41, 5.74) is 9.12. The van der Waals surface area contributed by atoms with E-state index in [1.54, 1.807) is 53.4 Å². The van der Waals surface area contributed by atoms with E-state index in [0.717, 1.165) is 0 Å². The van der Waals surface area contributed by atoms with Gasteiger partial charge in [-0.1, -0.05) is 18.2 Å². The Hall–Kier alpha value is -5.57. The number of ether oxygens (including phenoxy) is 1. The molecule has 238 valence electrons. The lowest BCUT2D eigenvalue weighted by Gasteiger charge is -2.36. The van der Waals surface area contributed by atoms with E-state index in [2.05, 4.69) is 20.8 Å². The molecule has 3 aliphatic rings. The summed E-state index contributed by atoms with van der Waals surface area (Å²) in [5.74, 6) is -1.68. The van der Waals surface area contributed by atoms with Crippen molar-refractivity contribution in [2.45, 2.75) is 25.4 Å². The number of phenols is 1. The van der Waals surface area contributed by atoms with E-state index in [0.29, 0.717) is 59.9 Å². The van der Waals surface area contributed by atoms with Crippen LogP contribution in [0.1, 0.15) is 28.8 Å². The van der Waals surface area contributed by atoms with Crippen LogP contribution in [-0.4, -0.2) is 100 Å². The molecule has 5 N–H and O–H groups in total. The van der Waals surface area contributed by atoms with E-state index < -0.39 is 17.9 Å². The van der Waals surface area contributed by atoms with Crippen molar-refractivity contribution in [1.82, 2.24) is 25.3 Å². The predicted molar refractivity (Wildman–Crippen MR) is 164 cm³/mol. The summed E-state index contributed by atoms with van der Waals surface area (Å²) in [5, 5.41) is 23.4. The number of imide groups is 1. The number of aromatic hydroxyl groups is 1. The molecule has 15 heteroatoms. The Kier molecular flexibility index (Phi) is 8.48. The number of nitrogens with zero attached hydrogens (tertiary/aromatic N) is 5. The van der Waals surface area contributed by atoms with Crippen molar-refractivity contribution in [3.8, 4) is 17.0 Å². The molecule has 1 unspecified atom stereocenters. The Morgan fingerprint density at radius 2 is 1.76 bits per heavy atom. The van der Waals surface area contributed by atoms with Crippen molar-refractivity contribution in [2.24, 2.45) is 0 Å². The van der Waals surface area contributed by atoms with Crippen LogP contribution in [0.2, 0.25) is 0 Å². The highest BCUT2D eigenvalue weighted by Crippen LogP contribution is 2.33. The van der Waals surface area contributed by atoms with Crippen LogP contribution in [0.25, 0.3) is 11.3 Å². The zero-order chi connectivity index (χ0) is 32.4. The van der Waals surface area contributed by atoms with Crippen molar-refractivity contribution < 1.29 is 33.8 Å². The molecule has 4 heterocycles. The van der Waals surface area contributed by atoms with Crippen LogP contribution in [0, 0.1) is 0 Å². The monoisotopic (exact) mass is 628 g/mol. The molecule has 5 amide bonds. The maximum Gasteiger partial charge on any atom is 0.255 e. The minimum Gasteiger partial charge on any atom is -0.507 e. The van der Waals surface area contributed by atoms with E-state index in [1.165, 1.54) is 4.90 Å². The molecule has 0 bridgehead atoms. The number of piperidine rings is 1. The SMILES string of the molecule is Nc1nnc(-c2ccccc2O)cc1N1CCN(C(=O)COCC(=O)Nc2cccc3c2CN(C2CCC(=O)NC2=O)C3=O)CC1. The van der Waals surface area contributed by atoms with Gasteiger partial charge in [0.2, 0.25) is 23.6 Å². The second-order valence-corrected chi connectivity index (χ2v) is 11.2. The summed E-state index contributed by atoms with van der Waals surface area (Å²) < 4.78 is 5.43. The first-order valence-electron chi connectivity index (χ1n) is 14.8. The molecule has 6 rings (SSSR count). The second-order valence-electron chi connectivity index (χ2n) is 11.2. The predicted octanol–water partition coefficient (Wildman–Crippen LogP) is 0.496. The zero-order valence-electron chi connectivity index (χ0n) is 24.8. The molecule has 2 aromatic carbocycles. The number of nitrogens with one attached hydrogen (secondary N) is 2. The van der Waals surface area contributed by atoms with E-state index >= 15 is 0 Å². The quantitative estimate of drug-likeness (QED) is 0.253. The molecule has 0 spiro atoms. The van der Waals surface area contributed by atoms with Gasteiger partial charge in [-0.15, -0.1) is 10.2 Å². The first-order chi connectivity index (χ1) is 22.2. The average molecular weight is 629 g/mol. The molecule has 46 heavy (non-hydrogen) atoms. The minimum absolute atomic E-state index is 0.0795. The summed E-state index contributed by atoms with van der Waals surface area (Å²) in [7, 11) is 0. The molecule has 0 saturated carbocycles. The van der Waals surface area contributed by atoms with Crippen molar-refractivity contribution in [3.63, 3.8) is 0 Å². The van der Waals surface area contributed by atoms with Crippen molar-refractivity contribution in [1.29, 1.82) is 0 Å². The highest BCUT2D eigenvalue weighted by molar-refractivity contribution is 6.06. The normalized spacial score (nSPS) is 18.0. The van der Waals surface area contributed by atoms with Gasteiger partial charge in [0.1, 0.15) is 25.0 Å². The maximum atomic E-state index is 13.0. The smallest absolute Gasteiger partial charge is 0.255 e. The molecule has 1 atom stereocenters. The molecule has 1 aromatic heterocycles. The summed E-state index contributed by atoms with van der Waals surface area (Å²) in [6.07, 6.45) is 0.378. The van der Waals surface area contributed by atoms with Gasteiger partial charge in [-0.3, -0.25) is 29.3 Å². The molecular formula is C31H32N8O7. The lowest BCUT2D eigenvalue weighted by atomic mass is 10.0. The average Bonchev–Trinajstić information content (AvgIpc) is 3.38. The number of hydrogen-bond donors (Lipinski definition) is 4. The standard InChI is InChI=1S/C31H32N8O7/c32-29-24(14-22(35-36-29)19-4-1-2-7-25(19)40)37-10-12-38(13-11-37)28(43)17-46-16-27(42)33-21-6-3-5-18-20(21)15-39(31(18)45)23-8-9-26(41)34-30(23)44/h1-7,14,23,40H,8-13,15-17H2,(H2,32,36)(H,33,42)(H,34,41,44). The Morgan fingerprint density at radius 1 is 1.00 bits per heavy atom. The maximum absolute atomic E-state index is 13.0. The lowest BCUT2D eigenvalue weighted by molar-refractivity contribution is -0.138. The molecule has 0 aliphatic carbocycles.